The van der Waals surface area contributed by atoms with E-state index in [1.807, 2.05) is 37.3 Å². The van der Waals surface area contributed by atoms with Crippen molar-refractivity contribution in [2.45, 2.75) is 19.8 Å². The topological polar surface area (TPSA) is 46.5 Å². The Balaban J connectivity index is 2.15. The van der Waals surface area contributed by atoms with Gasteiger partial charge in [0.1, 0.15) is 11.6 Å². The van der Waals surface area contributed by atoms with E-state index in [2.05, 4.69) is 0 Å². The summed E-state index contributed by atoms with van der Waals surface area (Å²) in [6.45, 7) is 1.99. The Hall–Kier alpha value is -2.88. The zero-order valence-electron chi connectivity index (χ0n) is 14.2. The van der Waals surface area contributed by atoms with Crippen LogP contribution in [0.5, 0.6) is 5.75 Å². The van der Waals surface area contributed by atoms with Crippen LogP contribution in [0.15, 0.2) is 48.0 Å². The third kappa shape index (κ3) is 3.33. The minimum Gasteiger partial charge on any atom is -0.497 e. The van der Waals surface area contributed by atoms with E-state index >= 15 is 0 Å². The summed E-state index contributed by atoms with van der Waals surface area (Å²) in [4.78, 5) is 11.3. The van der Waals surface area contributed by atoms with Crippen LogP contribution >= 0.6 is 0 Å². The summed E-state index contributed by atoms with van der Waals surface area (Å²) >= 11 is 0. The summed E-state index contributed by atoms with van der Waals surface area (Å²) in [5.41, 5.74) is 5.15. The number of rotatable bonds is 5. The number of halogens is 1. The van der Waals surface area contributed by atoms with Gasteiger partial charge < -0.3 is 9.84 Å². The van der Waals surface area contributed by atoms with E-state index in [-0.39, 0.29) is 12.2 Å². The first-order chi connectivity index (χ1) is 12.0. The molecule has 0 heterocycles. The number of allylic oxidation sites excluding steroid dienone is 2. The first-order valence-electron chi connectivity index (χ1n) is 8.13. The van der Waals surface area contributed by atoms with Crippen molar-refractivity contribution >= 4 is 23.2 Å². The minimum atomic E-state index is -0.915. The number of carbonyl (C=O) groups is 1. The van der Waals surface area contributed by atoms with E-state index in [1.54, 1.807) is 13.2 Å². The highest BCUT2D eigenvalue weighted by molar-refractivity contribution is 6.07. The lowest BCUT2D eigenvalue weighted by Gasteiger charge is -2.07. The van der Waals surface area contributed by atoms with E-state index in [0.717, 1.165) is 28.0 Å². The molecule has 0 radical (unpaired) electrons. The molecule has 0 amide bonds. The maximum absolute atomic E-state index is 13.7. The van der Waals surface area contributed by atoms with Crippen molar-refractivity contribution in [1.82, 2.24) is 0 Å². The fourth-order valence-electron chi connectivity index (χ4n) is 3.28. The molecule has 1 N–H and O–H groups in total. The second kappa shape index (κ2) is 6.93. The molecule has 0 spiro atoms. The summed E-state index contributed by atoms with van der Waals surface area (Å²) in [6, 6.07) is 12.2. The molecule has 0 fully saturated rings. The number of aliphatic carboxylic acids is 1. The predicted octanol–water partition coefficient (Wildman–Crippen LogP) is 5.03. The highest BCUT2D eigenvalue weighted by Crippen LogP contribution is 2.45. The lowest BCUT2D eigenvalue weighted by Crippen LogP contribution is -1.97. The van der Waals surface area contributed by atoms with Crippen molar-refractivity contribution in [2.75, 3.05) is 7.11 Å². The van der Waals surface area contributed by atoms with E-state index in [4.69, 9.17) is 4.74 Å². The molecule has 2 aromatic rings. The molecule has 0 unspecified atom stereocenters. The second-order valence-corrected chi connectivity index (χ2v) is 5.90. The van der Waals surface area contributed by atoms with Gasteiger partial charge in [-0.05, 0) is 70.2 Å². The van der Waals surface area contributed by atoms with Gasteiger partial charge >= 0.3 is 5.97 Å². The van der Waals surface area contributed by atoms with Crippen LogP contribution in [-0.4, -0.2) is 18.2 Å². The maximum Gasteiger partial charge on any atom is 0.307 e. The van der Waals surface area contributed by atoms with Crippen LogP contribution in [0.1, 0.15) is 36.5 Å². The number of carboxylic acids is 1. The van der Waals surface area contributed by atoms with Crippen molar-refractivity contribution in [3.05, 3.63) is 70.5 Å². The molecule has 0 atom stereocenters. The van der Waals surface area contributed by atoms with Gasteiger partial charge in [0.05, 0.1) is 13.5 Å². The Morgan fingerprint density at radius 2 is 1.84 bits per heavy atom. The van der Waals surface area contributed by atoms with Gasteiger partial charge in [0.25, 0.3) is 0 Å². The fourth-order valence-corrected chi connectivity index (χ4v) is 3.28. The molecular weight excluding hydrogens is 319 g/mol. The van der Waals surface area contributed by atoms with Gasteiger partial charge in [0.15, 0.2) is 0 Å². The second-order valence-electron chi connectivity index (χ2n) is 5.90. The normalized spacial score (nSPS) is 14.8. The van der Waals surface area contributed by atoms with Crippen LogP contribution in [0.2, 0.25) is 0 Å². The zero-order valence-corrected chi connectivity index (χ0v) is 14.2. The van der Waals surface area contributed by atoms with Crippen molar-refractivity contribution in [1.29, 1.82) is 0 Å². The Labute approximate surface area is 146 Å². The maximum atomic E-state index is 13.7. The number of methoxy groups -OCH3 is 1. The molecule has 0 saturated heterocycles. The zero-order chi connectivity index (χ0) is 18.0. The molecule has 3 rings (SSSR count). The lowest BCUT2D eigenvalue weighted by atomic mass is 9.98. The monoisotopic (exact) mass is 338 g/mol. The number of ether oxygens (including phenoxy) is 1. The molecule has 1 aliphatic carbocycles. The average molecular weight is 338 g/mol. The van der Waals surface area contributed by atoms with Crippen molar-refractivity contribution < 1.29 is 19.0 Å². The van der Waals surface area contributed by atoms with Crippen LogP contribution < -0.4 is 4.74 Å². The lowest BCUT2D eigenvalue weighted by molar-refractivity contribution is -0.135. The highest BCUT2D eigenvalue weighted by Gasteiger charge is 2.27. The quantitative estimate of drug-likeness (QED) is 0.832. The standard InChI is InChI=1S/C21H19FO3/c1-3-16-18(10-13-4-7-15(25-2)8-5-13)17-9-6-14(22)11-19(17)20(16)12-21(23)24/h4-11H,3,12H2,1-2H3,(H,23,24)/b18-10-. The molecule has 0 aliphatic heterocycles. The molecular formula is C21H19FO3. The van der Waals surface area contributed by atoms with E-state index < -0.39 is 5.97 Å². The smallest absolute Gasteiger partial charge is 0.307 e. The van der Waals surface area contributed by atoms with Crippen LogP contribution in [0.4, 0.5) is 4.39 Å². The first kappa shape index (κ1) is 17.0. The van der Waals surface area contributed by atoms with E-state index in [1.165, 1.54) is 12.1 Å². The molecule has 25 heavy (non-hydrogen) atoms. The summed E-state index contributed by atoms with van der Waals surface area (Å²) in [7, 11) is 1.62. The number of carboxylic acid groups (broad SMARTS) is 1. The van der Waals surface area contributed by atoms with Crippen LogP contribution in [0.25, 0.3) is 17.2 Å². The van der Waals surface area contributed by atoms with Gasteiger partial charge in [-0.15, -0.1) is 0 Å². The molecule has 128 valence electrons. The number of hydrogen-bond acceptors (Lipinski definition) is 2. The third-order valence-corrected chi connectivity index (χ3v) is 4.39. The Morgan fingerprint density at radius 3 is 2.44 bits per heavy atom. The largest absolute Gasteiger partial charge is 0.497 e. The van der Waals surface area contributed by atoms with E-state index in [9.17, 15) is 14.3 Å². The average Bonchev–Trinajstić information content (AvgIpc) is 2.87. The summed E-state index contributed by atoms with van der Waals surface area (Å²) in [5.74, 6) is -0.501. The summed E-state index contributed by atoms with van der Waals surface area (Å²) in [5, 5.41) is 9.25. The van der Waals surface area contributed by atoms with Crippen molar-refractivity contribution in [2.24, 2.45) is 0 Å². The molecule has 3 nitrogen and oxygen atoms in total. The minimum absolute atomic E-state index is 0.112. The Morgan fingerprint density at radius 1 is 1.12 bits per heavy atom. The van der Waals surface area contributed by atoms with Crippen LogP contribution in [0.3, 0.4) is 0 Å². The molecule has 0 saturated carbocycles. The third-order valence-electron chi connectivity index (χ3n) is 4.39. The van der Waals surface area contributed by atoms with Crippen LogP contribution in [0, 0.1) is 5.82 Å². The van der Waals surface area contributed by atoms with Crippen LogP contribution in [-0.2, 0) is 4.79 Å². The number of hydrogen-bond donors (Lipinski definition) is 1. The van der Waals surface area contributed by atoms with Gasteiger partial charge in [-0.1, -0.05) is 25.1 Å². The predicted molar refractivity (Wildman–Crippen MR) is 96.7 cm³/mol. The molecule has 2 aromatic carbocycles. The molecule has 0 bridgehead atoms. The van der Waals surface area contributed by atoms with E-state index in [0.29, 0.717) is 17.6 Å². The summed E-state index contributed by atoms with van der Waals surface area (Å²) < 4.78 is 18.9. The van der Waals surface area contributed by atoms with Crippen molar-refractivity contribution in [3.8, 4) is 5.75 Å². The fraction of sp³-hybridized carbons (Fsp3) is 0.190. The van der Waals surface area contributed by atoms with Gasteiger partial charge in [-0.2, -0.15) is 0 Å². The highest BCUT2D eigenvalue weighted by atomic mass is 19.1. The first-order valence-corrected chi connectivity index (χ1v) is 8.13. The molecule has 1 aliphatic rings. The van der Waals surface area contributed by atoms with Gasteiger partial charge in [0, 0.05) is 0 Å². The van der Waals surface area contributed by atoms with Gasteiger partial charge in [-0.3, -0.25) is 4.79 Å². The van der Waals surface area contributed by atoms with Gasteiger partial charge in [-0.25, -0.2) is 4.39 Å². The molecule has 0 aromatic heterocycles. The number of benzene rings is 2. The van der Waals surface area contributed by atoms with Crippen molar-refractivity contribution in [3.63, 3.8) is 0 Å². The van der Waals surface area contributed by atoms with Gasteiger partial charge in [0.2, 0.25) is 0 Å². The SMILES string of the molecule is CCC1=C(CC(=O)O)c2cc(F)ccc2/C1=C\c1ccc(OC)cc1. The molecule has 4 heteroatoms. The summed E-state index contributed by atoms with van der Waals surface area (Å²) in [6.07, 6.45) is 2.59. The Kier molecular flexibility index (Phi) is 4.70. The number of fused-ring (bicyclic) bond motifs is 1. The Bertz CT molecular complexity index is 877.